The number of esters is 1. The van der Waals surface area contributed by atoms with Gasteiger partial charge in [-0.05, 0) is 6.42 Å². The van der Waals surface area contributed by atoms with E-state index in [0.29, 0.717) is 19.6 Å². The summed E-state index contributed by atoms with van der Waals surface area (Å²) in [4.78, 5) is 12.0. The molecule has 2 aliphatic rings. The van der Waals surface area contributed by atoms with E-state index in [1.165, 1.54) is 6.42 Å². The Morgan fingerprint density at radius 2 is 1.91 bits per heavy atom. The molecule has 2 fully saturated rings. The molecule has 134 valence electrons. The number of aliphatic hydroxyl groups excluding tert-OH is 2. The van der Waals surface area contributed by atoms with Crippen LogP contribution in [0.15, 0.2) is 0 Å². The number of unbranched alkanes of at least 4 members (excludes halogenated alkanes) is 4. The fourth-order valence-electron chi connectivity index (χ4n) is 3.01. The minimum Gasteiger partial charge on any atom is -0.456 e. The van der Waals surface area contributed by atoms with E-state index in [1.54, 1.807) is 0 Å². The second kappa shape index (κ2) is 8.94. The van der Waals surface area contributed by atoms with Gasteiger partial charge in [0, 0.05) is 6.42 Å². The van der Waals surface area contributed by atoms with Crippen LogP contribution >= 0.6 is 0 Å². The van der Waals surface area contributed by atoms with Gasteiger partial charge in [0.2, 0.25) is 5.79 Å². The van der Waals surface area contributed by atoms with Crippen molar-refractivity contribution in [3.63, 3.8) is 0 Å². The largest absolute Gasteiger partial charge is 0.456 e. The molecule has 0 bridgehead atoms. The van der Waals surface area contributed by atoms with Crippen LogP contribution in [0.2, 0.25) is 0 Å². The molecule has 0 aromatic rings. The molecule has 0 aromatic heterocycles. The van der Waals surface area contributed by atoms with E-state index in [9.17, 15) is 15.0 Å². The topological polar surface area (TPSA) is 94.5 Å². The standard InChI is InChI=1S/C16H28O7/c1-2-3-4-5-6-7-13(19)23-14-12(18)10-20-15(14)16(11-17)21-8-9-22-16/h12,14-15,17-18H,2-11H2,1H3/t12-,14+,15-/m0/s1. The smallest absolute Gasteiger partial charge is 0.306 e. The third kappa shape index (κ3) is 4.64. The fraction of sp³-hybridized carbons (Fsp3) is 0.938. The first kappa shape index (κ1) is 18.6. The Hall–Kier alpha value is -0.730. The molecule has 2 heterocycles. The summed E-state index contributed by atoms with van der Waals surface area (Å²) in [5.41, 5.74) is 0. The Labute approximate surface area is 136 Å². The highest BCUT2D eigenvalue weighted by atomic mass is 16.8. The molecular formula is C16H28O7. The van der Waals surface area contributed by atoms with Gasteiger partial charge in [-0.3, -0.25) is 4.79 Å². The van der Waals surface area contributed by atoms with Crippen molar-refractivity contribution in [1.82, 2.24) is 0 Å². The number of hydrogen-bond acceptors (Lipinski definition) is 7. The van der Waals surface area contributed by atoms with Crippen LogP contribution in [0, 0.1) is 0 Å². The van der Waals surface area contributed by atoms with Crippen LogP contribution < -0.4 is 0 Å². The molecule has 0 amide bonds. The molecule has 2 rings (SSSR count). The van der Waals surface area contributed by atoms with Crippen LogP contribution in [-0.2, 0) is 23.7 Å². The summed E-state index contributed by atoms with van der Waals surface area (Å²) in [6, 6.07) is 0. The minimum absolute atomic E-state index is 0.0214. The lowest BCUT2D eigenvalue weighted by Crippen LogP contribution is -2.54. The monoisotopic (exact) mass is 332 g/mol. The van der Waals surface area contributed by atoms with Crippen molar-refractivity contribution in [3.05, 3.63) is 0 Å². The average molecular weight is 332 g/mol. The summed E-state index contributed by atoms with van der Waals surface area (Å²) in [5, 5.41) is 19.6. The highest BCUT2D eigenvalue weighted by Gasteiger charge is 2.55. The highest BCUT2D eigenvalue weighted by Crippen LogP contribution is 2.33. The maximum absolute atomic E-state index is 12.0. The van der Waals surface area contributed by atoms with Crippen molar-refractivity contribution >= 4 is 5.97 Å². The van der Waals surface area contributed by atoms with E-state index in [2.05, 4.69) is 6.92 Å². The van der Waals surface area contributed by atoms with Crippen molar-refractivity contribution in [1.29, 1.82) is 0 Å². The molecule has 23 heavy (non-hydrogen) atoms. The molecule has 7 nitrogen and oxygen atoms in total. The van der Waals surface area contributed by atoms with E-state index >= 15 is 0 Å². The molecule has 2 N–H and O–H groups in total. The Morgan fingerprint density at radius 3 is 2.57 bits per heavy atom. The summed E-state index contributed by atoms with van der Waals surface area (Å²) in [6.45, 7) is 2.40. The van der Waals surface area contributed by atoms with E-state index in [1.807, 2.05) is 0 Å². The van der Waals surface area contributed by atoms with Gasteiger partial charge in [0.1, 0.15) is 12.7 Å². The van der Waals surface area contributed by atoms with Gasteiger partial charge in [0.15, 0.2) is 12.2 Å². The number of carbonyl (C=O) groups is 1. The van der Waals surface area contributed by atoms with E-state index in [-0.39, 0.29) is 12.6 Å². The average Bonchev–Trinajstić information content (AvgIpc) is 3.16. The van der Waals surface area contributed by atoms with Crippen LogP contribution in [0.25, 0.3) is 0 Å². The highest BCUT2D eigenvalue weighted by molar-refractivity contribution is 5.69. The Morgan fingerprint density at radius 1 is 1.22 bits per heavy atom. The van der Waals surface area contributed by atoms with Crippen LogP contribution in [0.3, 0.4) is 0 Å². The van der Waals surface area contributed by atoms with E-state index in [4.69, 9.17) is 18.9 Å². The van der Waals surface area contributed by atoms with Crippen molar-refractivity contribution in [3.8, 4) is 0 Å². The maximum Gasteiger partial charge on any atom is 0.306 e. The van der Waals surface area contributed by atoms with Crippen LogP contribution in [0.1, 0.15) is 45.4 Å². The Balaban J connectivity index is 1.85. The van der Waals surface area contributed by atoms with Crippen molar-refractivity contribution in [2.45, 2.75) is 69.5 Å². The zero-order valence-electron chi connectivity index (χ0n) is 13.7. The number of ether oxygens (including phenoxy) is 4. The molecule has 0 saturated carbocycles. The first-order valence-corrected chi connectivity index (χ1v) is 8.51. The number of hydrogen-bond donors (Lipinski definition) is 2. The quantitative estimate of drug-likeness (QED) is 0.475. The molecular weight excluding hydrogens is 304 g/mol. The molecule has 7 heteroatoms. The lowest BCUT2D eigenvalue weighted by Gasteiger charge is -2.33. The van der Waals surface area contributed by atoms with Gasteiger partial charge in [-0.2, -0.15) is 0 Å². The summed E-state index contributed by atoms with van der Waals surface area (Å²) in [7, 11) is 0. The molecule has 3 atom stereocenters. The summed E-state index contributed by atoms with van der Waals surface area (Å²) in [6.07, 6.45) is 2.84. The minimum atomic E-state index is -1.36. The fourth-order valence-corrected chi connectivity index (χ4v) is 3.01. The zero-order chi connectivity index (χ0) is 16.7. The summed E-state index contributed by atoms with van der Waals surface area (Å²) in [5.74, 6) is -1.73. The summed E-state index contributed by atoms with van der Waals surface area (Å²) < 4.78 is 21.8. The van der Waals surface area contributed by atoms with Gasteiger partial charge in [-0.1, -0.05) is 32.6 Å². The Bertz CT molecular complexity index is 367. The number of rotatable bonds is 9. The third-order valence-corrected chi connectivity index (χ3v) is 4.31. The number of carbonyl (C=O) groups excluding carboxylic acids is 1. The third-order valence-electron chi connectivity index (χ3n) is 4.31. The van der Waals surface area contributed by atoms with Crippen LogP contribution in [0.4, 0.5) is 0 Å². The van der Waals surface area contributed by atoms with Crippen molar-refractivity contribution in [2.24, 2.45) is 0 Å². The van der Waals surface area contributed by atoms with Gasteiger partial charge in [-0.15, -0.1) is 0 Å². The first-order valence-electron chi connectivity index (χ1n) is 8.51. The van der Waals surface area contributed by atoms with Gasteiger partial charge < -0.3 is 29.2 Å². The number of aliphatic hydroxyl groups is 2. The second-order valence-electron chi connectivity index (χ2n) is 6.11. The second-order valence-corrected chi connectivity index (χ2v) is 6.11. The molecule has 0 unspecified atom stereocenters. The van der Waals surface area contributed by atoms with Crippen LogP contribution in [0.5, 0.6) is 0 Å². The zero-order valence-corrected chi connectivity index (χ0v) is 13.7. The molecule has 2 aliphatic heterocycles. The predicted octanol–water partition coefficient (Wildman–Crippen LogP) is 0.754. The summed E-state index contributed by atoms with van der Waals surface area (Å²) >= 11 is 0. The van der Waals surface area contributed by atoms with E-state index < -0.39 is 30.7 Å². The molecule has 0 aliphatic carbocycles. The maximum atomic E-state index is 12.0. The van der Waals surface area contributed by atoms with Gasteiger partial charge in [0.05, 0.1) is 19.8 Å². The van der Waals surface area contributed by atoms with Gasteiger partial charge in [0.25, 0.3) is 0 Å². The van der Waals surface area contributed by atoms with Crippen molar-refractivity contribution in [2.75, 3.05) is 26.4 Å². The van der Waals surface area contributed by atoms with Gasteiger partial charge in [-0.25, -0.2) is 0 Å². The molecule has 0 spiro atoms. The SMILES string of the molecule is CCCCCCCC(=O)O[C@@H]1[C@@H](O)CO[C@@H]1C1(CO)OCCO1. The normalized spacial score (nSPS) is 29.8. The first-order chi connectivity index (χ1) is 11.1. The molecule has 0 aromatic carbocycles. The lowest BCUT2D eigenvalue weighted by atomic mass is 10.0. The van der Waals surface area contributed by atoms with E-state index in [0.717, 1.165) is 25.7 Å². The Kier molecular flexibility index (Phi) is 7.23. The van der Waals surface area contributed by atoms with Gasteiger partial charge >= 0.3 is 5.97 Å². The molecule has 2 saturated heterocycles. The van der Waals surface area contributed by atoms with Crippen molar-refractivity contribution < 1.29 is 34.0 Å². The predicted molar refractivity (Wildman–Crippen MR) is 80.7 cm³/mol. The molecule has 0 radical (unpaired) electrons. The lowest BCUT2D eigenvalue weighted by molar-refractivity contribution is -0.257. The van der Waals surface area contributed by atoms with Crippen LogP contribution in [-0.4, -0.2) is 66.7 Å².